The van der Waals surface area contributed by atoms with Crippen LogP contribution in [0.25, 0.3) is 0 Å². The molecular weight excluding hydrogens is 256 g/mol. The second-order valence-electron chi connectivity index (χ2n) is 5.03. The van der Waals surface area contributed by atoms with Gasteiger partial charge >= 0.3 is 0 Å². The number of methoxy groups -OCH3 is 1. The average molecular weight is 278 g/mol. The minimum absolute atomic E-state index is 0.122. The molecule has 6 nitrogen and oxygen atoms in total. The van der Waals surface area contributed by atoms with Crippen molar-refractivity contribution < 1.29 is 9.53 Å². The summed E-state index contributed by atoms with van der Waals surface area (Å²) in [7, 11) is 1.63. The molecule has 1 saturated heterocycles. The van der Waals surface area contributed by atoms with Gasteiger partial charge in [0.25, 0.3) is 0 Å². The van der Waals surface area contributed by atoms with Crippen molar-refractivity contribution in [1.82, 2.24) is 15.3 Å². The Kier molecular flexibility index (Phi) is 5.73. The van der Waals surface area contributed by atoms with Crippen LogP contribution >= 0.6 is 0 Å². The van der Waals surface area contributed by atoms with E-state index in [1.165, 1.54) is 0 Å². The van der Waals surface area contributed by atoms with E-state index < -0.39 is 0 Å². The molecule has 0 radical (unpaired) electrons. The highest BCUT2D eigenvalue weighted by atomic mass is 16.5. The largest absolute Gasteiger partial charge is 0.383 e. The van der Waals surface area contributed by atoms with E-state index in [0.29, 0.717) is 25.5 Å². The molecule has 2 rings (SSSR count). The van der Waals surface area contributed by atoms with Crippen LogP contribution in [0.4, 0.5) is 5.95 Å². The van der Waals surface area contributed by atoms with Crippen LogP contribution < -0.4 is 10.2 Å². The van der Waals surface area contributed by atoms with Crippen LogP contribution in [0.2, 0.25) is 0 Å². The predicted octanol–water partition coefficient (Wildman–Crippen LogP) is 0.846. The second kappa shape index (κ2) is 7.79. The van der Waals surface area contributed by atoms with E-state index in [1.807, 2.05) is 6.07 Å². The molecule has 1 aliphatic rings. The summed E-state index contributed by atoms with van der Waals surface area (Å²) in [6.07, 6.45) is 6.15. The van der Waals surface area contributed by atoms with Gasteiger partial charge in [0, 0.05) is 45.6 Å². The van der Waals surface area contributed by atoms with E-state index >= 15 is 0 Å². The number of aromatic nitrogens is 2. The molecule has 1 amide bonds. The number of hydrogen-bond acceptors (Lipinski definition) is 5. The fourth-order valence-electron chi connectivity index (χ4n) is 2.42. The number of nitrogens with zero attached hydrogens (tertiary/aromatic N) is 3. The highest BCUT2D eigenvalue weighted by molar-refractivity contribution is 5.76. The zero-order valence-corrected chi connectivity index (χ0v) is 11.9. The molecule has 1 aliphatic heterocycles. The van der Waals surface area contributed by atoms with Gasteiger partial charge in [0.1, 0.15) is 0 Å². The molecule has 1 N–H and O–H groups in total. The van der Waals surface area contributed by atoms with E-state index in [4.69, 9.17) is 4.74 Å². The Bertz CT molecular complexity index is 405. The first kappa shape index (κ1) is 14.7. The molecule has 20 heavy (non-hydrogen) atoms. The van der Waals surface area contributed by atoms with Gasteiger partial charge in [-0.3, -0.25) is 4.79 Å². The summed E-state index contributed by atoms with van der Waals surface area (Å²) in [5.74, 6) is 1.37. The smallest absolute Gasteiger partial charge is 0.225 e. The molecule has 0 aliphatic carbocycles. The number of anilines is 1. The molecule has 1 aromatic heterocycles. The van der Waals surface area contributed by atoms with Gasteiger partial charge in [-0.05, 0) is 24.8 Å². The Morgan fingerprint density at radius 1 is 1.40 bits per heavy atom. The van der Waals surface area contributed by atoms with Crippen LogP contribution in [-0.2, 0) is 9.53 Å². The average Bonchev–Trinajstić information content (AvgIpc) is 2.49. The summed E-state index contributed by atoms with van der Waals surface area (Å²) >= 11 is 0. The molecule has 0 saturated carbocycles. The van der Waals surface area contributed by atoms with Crippen molar-refractivity contribution in [1.29, 1.82) is 0 Å². The summed E-state index contributed by atoms with van der Waals surface area (Å²) in [6, 6.07) is 1.82. The van der Waals surface area contributed by atoms with Gasteiger partial charge in [-0.2, -0.15) is 0 Å². The molecule has 0 spiro atoms. The number of carbonyl (C=O) groups is 1. The molecule has 0 atom stereocenters. The standard InChI is InChI=1S/C14H22N4O2/c1-20-10-7-15-13(19)11-12-3-8-18(9-4-12)14-16-5-2-6-17-14/h2,5-6,12H,3-4,7-11H2,1H3,(H,15,19). The molecule has 6 heteroatoms. The lowest BCUT2D eigenvalue weighted by molar-refractivity contribution is -0.122. The third kappa shape index (κ3) is 4.45. The molecule has 1 fully saturated rings. The van der Waals surface area contributed by atoms with Crippen molar-refractivity contribution >= 4 is 11.9 Å². The Balaban J connectivity index is 1.70. The molecule has 110 valence electrons. The van der Waals surface area contributed by atoms with E-state index in [0.717, 1.165) is 31.9 Å². The van der Waals surface area contributed by atoms with E-state index in [9.17, 15) is 4.79 Å². The number of amides is 1. The van der Waals surface area contributed by atoms with E-state index in [-0.39, 0.29) is 5.91 Å². The Morgan fingerprint density at radius 2 is 2.10 bits per heavy atom. The lowest BCUT2D eigenvalue weighted by Gasteiger charge is -2.31. The van der Waals surface area contributed by atoms with Crippen molar-refractivity contribution in [3.63, 3.8) is 0 Å². The van der Waals surface area contributed by atoms with Crippen molar-refractivity contribution in [2.24, 2.45) is 5.92 Å². The third-order valence-corrected chi connectivity index (χ3v) is 3.55. The van der Waals surface area contributed by atoms with Gasteiger partial charge < -0.3 is 15.0 Å². The third-order valence-electron chi connectivity index (χ3n) is 3.55. The Labute approximate surface area is 119 Å². The maximum Gasteiger partial charge on any atom is 0.225 e. The number of hydrogen-bond donors (Lipinski definition) is 1. The van der Waals surface area contributed by atoms with Crippen LogP contribution in [0.1, 0.15) is 19.3 Å². The first-order valence-corrected chi connectivity index (χ1v) is 7.07. The second-order valence-corrected chi connectivity index (χ2v) is 5.03. The van der Waals surface area contributed by atoms with Crippen molar-refractivity contribution in [2.45, 2.75) is 19.3 Å². The SMILES string of the molecule is COCCNC(=O)CC1CCN(c2ncccn2)CC1. The maximum absolute atomic E-state index is 11.7. The van der Waals surface area contributed by atoms with Gasteiger partial charge in [-0.1, -0.05) is 0 Å². The van der Waals surface area contributed by atoms with Gasteiger partial charge in [-0.15, -0.1) is 0 Å². The maximum atomic E-state index is 11.7. The normalized spacial score (nSPS) is 16.1. The monoisotopic (exact) mass is 278 g/mol. The molecule has 2 heterocycles. The van der Waals surface area contributed by atoms with Crippen LogP contribution in [-0.4, -0.2) is 49.2 Å². The molecular formula is C14H22N4O2. The lowest BCUT2D eigenvalue weighted by atomic mass is 9.93. The molecule has 0 aromatic carbocycles. The van der Waals surface area contributed by atoms with Crippen molar-refractivity contribution in [3.05, 3.63) is 18.5 Å². The van der Waals surface area contributed by atoms with E-state index in [1.54, 1.807) is 19.5 Å². The molecule has 0 bridgehead atoms. The Morgan fingerprint density at radius 3 is 2.75 bits per heavy atom. The van der Waals surface area contributed by atoms with Crippen LogP contribution in [0.5, 0.6) is 0 Å². The van der Waals surface area contributed by atoms with Crippen LogP contribution in [0.15, 0.2) is 18.5 Å². The first-order valence-electron chi connectivity index (χ1n) is 7.07. The zero-order chi connectivity index (χ0) is 14.2. The zero-order valence-electron chi connectivity index (χ0n) is 11.9. The summed E-state index contributed by atoms with van der Waals surface area (Å²) in [6.45, 7) is 2.99. The number of piperidine rings is 1. The summed E-state index contributed by atoms with van der Waals surface area (Å²) in [5.41, 5.74) is 0. The van der Waals surface area contributed by atoms with E-state index in [2.05, 4.69) is 20.2 Å². The van der Waals surface area contributed by atoms with Gasteiger partial charge in [0.05, 0.1) is 6.61 Å². The first-order chi connectivity index (χ1) is 9.79. The Hall–Kier alpha value is -1.69. The van der Waals surface area contributed by atoms with Crippen LogP contribution in [0, 0.1) is 5.92 Å². The summed E-state index contributed by atoms with van der Waals surface area (Å²) < 4.78 is 4.91. The quantitative estimate of drug-likeness (QED) is 0.781. The lowest BCUT2D eigenvalue weighted by Crippen LogP contribution is -2.37. The van der Waals surface area contributed by atoms with Gasteiger partial charge in [0.2, 0.25) is 11.9 Å². The number of carbonyl (C=O) groups excluding carboxylic acids is 1. The molecule has 1 aromatic rings. The van der Waals surface area contributed by atoms with Crippen molar-refractivity contribution in [2.75, 3.05) is 38.3 Å². The van der Waals surface area contributed by atoms with Gasteiger partial charge in [-0.25, -0.2) is 9.97 Å². The van der Waals surface area contributed by atoms with Crippen LogP contribution in [0.3, 0.4) is 0 Å². The molecule has 0 unspecified atom stereocenters. The fourth-order valence-corrected chi connectivity index (χ4v) is 2.42. The highest BCUT2D eigenvalue weighted by Gasteiger charge is 2.22. The van der Waals surface area contributed by atoms with Crippen molar-refractivity contribution in [3.8, 4) is 0 Å². The predicted molar refractivity (Wildman–Crippen MR) is 76.5 cm³/mol. The highest BCUT2D eigenvalue weighted by Crippen LogP contribution is 2.22. The number of nitrogens with one attached hydrogen (secondary N) is 1. The summed E-state index contributed by atoms with van der Waals surface area (Å²) in [4.78, 5) is 22.4. The number of rotatable bonds is 6. The summed E-state index contributed by atoms with van der Waals surface area (Å²) in [5, 5.41) is 2.87. The minimum Gasteiger partial charge on any atom is -0.383 e. The fraction of sp³-hybridized carbons (Fsp3) is 0.643. The minimum atomic E-state index is 0.122. The number of ether oxygens (including phenoxy) is 1. The topological polar surface area (TPSA) is 67.3 Å². The van der Waals surface area contributed by atoms with Gasteiger partial charge in [0.15, 0.2) is 0 Å².